The molecule has 0 saturated heterocycles. The van der Waals surface area contributed by atoms with Crippen molar-refractivity contribution >= 4 is 48.9 Å². The Hall–Kier alpha value is -1.24. The third-order valence-corrected chi connectivity index (χ3v) is 4.78. The highest BCUT2D eigenvalue weighted by Crippen LogP contribution is 2.27. The van der Waals surface area contributed by atoms with Crippen LogP contribution in [-0.4, -0.2) is 8.42 Å². The lowest BCUT2D eigenvalue weighted by molar-refractivity contribution is 0.601. The molecule has 0 heterocycles. The molecule has 0 aliphatic heterocycles. The van der Waals surface area contributed by atoms with Crippen LogP contribution in [0, 0.1) is 0 Å². The van der Waals surface area contributed by atoms with Gasteiger partial charge >= 0.3 is 0 Å². The van der Waals surface area contributed by atoms with Gasteiger partial charge in [0, 0.05) is 10.2 Å². The largest absolute Gasteiger partial charge is 0.398 e. The van der Waals surface area contributed by atoms with Gasteiger partial charge in [-0.05, 0) is 46.3 Å². The summed E-state index contributed by atoms with van der Waals surface area (Å²) in [6.07, 6.45) is 0. The van der Waals surface area contributed by atoms with Gasteiger partial charge in [-0.3, -0.25) is 4.72 Å². The second-order valence-electron chi connectivity index (χ2n) is 3.77. The molecule has 0 spiro atoms. The zero-order valence-electron chi connectivity index (χ0n) is 9.60. The van der Waals surface area contributed by atoms with Crippen LogP contribution in [0.25, 0.3) is 0 Å². The van der Waals surface area contributed by atoms with Crippen molar-refractivity contribution < 1.29 is 8.42 Å². The fourth-order valence-electron chi connectivity index (χ4n) is 1.42. The first kappa shape index (κ1) is 14.2. The Balaban J connectivity index is 2.38. The molecule has 4 nitrogen and oxygen atoms in total. The Labute approximate surface area is 124 Å². The average Bonchev–Trinajstić information content (AvgIpc) is 2.35. The van der Waals surface area contributed by atoms with E-state index in [4.69, 9.17) is 17.3 Å². The highest BCUT2D eigenvalue weighted by Gasteiger charge is 2.16. The van der Waals surface area contributed by atoms with E-state index in [1.54, 1.807) is 24.3 Å². The lowest BCUT2D eigenvalue weighted by atomic mass is 10.3. The number of anilines is 2. The maximum absolute atomic E-state index is 12.2. The number of nitrogens with two attached hydrogens (primary N) is 1. The number of hydrogen-bond acceptors (Lipinski definition) is 3. The molecule has 2 aromatic carbocycles. The molecule has 19 heavy (non-hydrogen) atoms. The zero-order chi connectivity index (χ0) is 14.0. The van der Waals surface area contributed by atoms with Crippen molar-refractivity contribution in [1.82, 2.24) is 0 Å². The van der Waals surface area contributed by atoms with E-state index in [9.17, 15) is 8.42 Å². The lowest BCUT2D eigenvalue weighted by Gasteiger charge is -2.10. The molecule has 0 unspecified atom stereocenters. The highest BCUT2D eigenvalue weighted by molar-refractivity contribution is 9.10. The van der Waals surface area contributed by atoms with E-state index in [0.29, 0.717) is 20.9 Å². The van der Waals surface area contributed by atoms with Crippen LogP contribution >= 0.6 is 27.5 Å². The van der Waals surface area contributed by atoms with Crippen molar-refractivity contribution in [3.63, 3.8) is 0 Å². The maximum atomic E-state index is 12.2. The summed E-state index contributed by atoms with van der Waals surface area (Å²) in [4.78, 5) is 0.105. The van der Waals surface area contributed by atoms with Crippen molar-refractivity contribution in [3.05, 3.63) is 52.0 Å². The summed E-state index contributed by atoms with van der Waals surface area (Å²) < 4.78 is 27.3. The molecular formula is C12H10BrClN2O2S. The summed E-state index contributed by atoms with van der Waals surface area (Å²) in [5.74, 6) is 0. The van der Waals surface area contributed by atoms with Crippen molar-refractivity contribution in [2.24, 2.45) is 0 Å². The van der Waals surface area contributed by atoms with Crippen molar-refractivity contribution in [3.8, 4) is 0 Å². The Morgan fingerprint density at radius 2 is 1.84 bits per heavy atom. The van der Waals surface area contributed by atoms with Crippen molar-refractivity contribution in [1.29, 1.82) is 0 Å². The second kappa shape index (κ2) is 5.40. The van der Waals surface area contributed by atoms with Gasteiger partial charge in [-0.25, -0.2) is 8.42 Å². The van der Waals surface area contributed by atoms with Crippen LogP contribution in [0.5, 0.6) is 0 Å². The summed E-state index contributed by atoms with van der Waals surface area (Å²) >= 11 is 9.11. The van der Waals surface area contributed by atoms with E-state index in [0.717, 1.165) is 0 Å². The Kier molecular flexibility index (Phi) is 4.03. The second-order valence-corrected chi connectivity index (χ2v) is 6.71. The lowest BCUT2D eigenvalue weighted by Crippen LogP contribution is -2.13. The van der Waals surface area contributed by atoms with Gasteiger partial charge in [0.05, 0.1) is 15.6 Å². The fraction of sp³-hybridized carbons (Fsp3) is 0. The standard InChI is InChI=1S/C12H10BrClN2O2S/c13-9-7-8(5-6-11(9)15)19(17,18)16-12-4-2-1-3-10(12)14/h1-7,16H,15H2. The van der Waals surface area contributed by atoms with Gasteiger partial charge in [-0.15, -0.1) is 0 Å². The molecule has 100 valence electrons. The van der Waals surface area contributed by atoms with Gasteiger partial charge < -0.3 is 5.73 Å². The molecule has 2 rings (SSSR count). The van der Waals surface area contributed by atoms with E-state index in [2.05, 4.69) is 20.7 Å². The molecule has 7 heteroatoms. The molecule has 0 bridgehead atoms. The number of rotatable bonds is 3. The number of para-hydroxylation sites is 1. The Bertz CT molecular complexity index is 719. The normalized spacial score (nSPS) is 11.3. The predicted molar refractivity (Wildman–Crippen MR) is 80.8 cm³/mol. The van der Waals surface area contributed by atoms with Crippen LogP contribution in [-0.2, 0) is 10.0 Å². The van der Waals surface area contributed by atoms with Crippen molar-refractivity contribution in [2.75, 3.05) is 10.5 Å². The SMILES string of the molecule is Nc1ccc(S(=O)(=O)Nc2ccccc2Cl)cc1Br. The minimum Gasteiger partial charge on any atom is -0.398 e. The number of halogens is 2. The number of hydrogen-bond donors (Lipinski definition) is 2. The molecule has 0 radical (unpaired) electrons. The summed E-state index contributed by atoms with van der Waals surface area (Å²) in [6.45, 7) is 0. The average molecular weight is 362 g/mol. The third-order valence-electron chi connectivity index (χ3n) is 2.40. The number of nitrogen functional groups attached to an aromatic ring is 1. The molecule has 0 amide bonds. The van der Waals surface area contributed by atoms with Crippen LogP contribution in [0.4, 0.5) is 11.4 Å². The van der Waals surface area contributed by atoms with Gasteiger partial charge in [0.1, 0.15) is 0 Å². The topological polar surface area (TPSA) is 72.2 Å². The third kappa shape index (κ3) is 3.20. The Morgan fingerprint density at radius 1 is 1.16 bits per heavy atom. The molecule has 0 atom stereocenters. The number of sulfonamides is 1. The summed E-state index contributed by atoms with van der Waals surface area (Å²) in [5, 5.41) is 0.334. The van der Waals surface area contributed by atoms with Gasteiger partial charge in [0.25, 0.3) is 10.0 Å². The minimum absolute atomic E-state index is 0.105. The smallest absolute Gasteiger partial charge is 0.261 e. The quantitative estimate of drug-likeness (QED) is 0.822. The first-order valence-corrected chi connectivity index (χ1v) is 7.88. The zero-order valence-corrected chi connectivity index (χ0v) is 12.8. The highest BCUT2D eigenvalue weighted by atomic mass is 79.9. The van der Waals surface area contributed by atoms with E-state index in [-0.39, 0.29) is 4.90 Å². The molecular weight excluding hydrogens is 352 g/mol. The summed E-state index contributed by atoms with van der Waals surface area (Å²) in [7, 11) is -3.70. The molecule has 2 aromatic rings. The van der Waals surface area contributed by atoms with Crippen LogP contribution in [0.1, 0.15) is 0 Å². The van der Waals surface area contributed by atoms with Crippen LogP contribution in [0.15, 0.2) is 51.8 Å². The monoisotopic (exact) mass is 360 g/mol. The minimum atomic E-state index is -3.70. The summed E-state index contributed by atoms with van der Waals surface area (Å²) in [5.41, 5.74) is 6.43. The van der Waals surface area contributed by atoms with Gasteiger partial charge in [-0.2, -0.15) is 0 Å². The maximum Gasteiger partial charge on any atom is 0.261 e. The van der Waals surface area contributed by atoms with Crippen LogP contribution in [0.3, 0.4) is 0 Å². The van der Waals surface area contributed by atoms with E-state index in [1.165, 1.54) is 18.2 Å². The van der Waals surface area contributed by atoms with Crippen LogP contribution < -0.4 is 10.5 Å². The predicted octanol–water partition coefficient (Wildman–Crippen LogP) is 3.49. The van der Waals surface area contributed by atoms with Crippen LogP contribution in [0.2, 0.25) is 5.02 Å². The van der Waals surface area contributed by atoms with Crippen molar-refractivity contribution in [2.45, 2.75) is 4.90 Å². The summed E-state index contributed by atoms with van der Waals surface area (Å²) in [6, 6.07) is 11.0. The molecule has 0 aliphatic carbocycles. The molecule has 0 aliphatic rings. The van der Waals surface area contributed by atoms with Gasteiger partial charge in [-0.1, -0.05) is 23.7 Å². The fourth-order valence-corrected chi connectivity index (χ4v) is 3.30. The van der Waals surface area contributed by atoms with E-state index >= 15 is 0 Å². The first-order chi connectivity index (χ1) is 8.90. The Morgan fingerprint density at radius 3 is 2.47 bits per heavy atom. The molecule has 0 aromatic heterocycles. The van der Waals surface area contributed by atoms with E-state index in [1.807, 2.05) is 0 Å². The number of nitrogens with one attached hydrogen (secondary N) is 1. The van der Waals surface area contributed by atoms with E-state index < -0.39 is 10.0 Å². The molecule has 0 saturated carbocycles. The first-order valence-electron chi connectivity index (χ1n) is 5.22. The molecule has 3 N–H and O–H groups in total. The number of benzene rings is 2. The molecule has 0 fully saturated rings. The van der Waals surface area contributed by atoms with Gasteiger partial charge in [0.2, 0.25) is 0 Å². The van der Waals surface area contributed by atoms with Gasteiger partial charge in [0.15, 0.2) is 0 Å².